The normalized spacial score (nSPS) is 17.7. The Kier molecular flexibility index (Phi) is 4.04. The van der Waals surface area contributed by atoms with Gasteiger partial charge < -0.3 is 10.8 Å². The van der Waals surface area contributed by atoms with Crippen LogP contribution in [0.1, 0.15) is 54.7 Å². The zero-order valence-electron chi connectivity index (χ0n) is 10.6. The smallest absolute Gasteiger partial charge is 0.419 e. The highest BCUT2D eigenvalue weighted by Gasteiger charge is 2.35. The lowest BCUT2D eigenvalue weighted by molar-refractivity contribution is -0.138. The summed E-state index contributed by atoms with van der Waals surface area (Å²) in [5, 5.41) is 9.65. The Balaban J connectivity index is 2.44. The number of aromatic hydroxyl groups is 1. The molecule has 0 bridgehead atoms. The number of halogens is 3. The first-order valence-electron chi connectivity index (χ1n) is 6.56. The predicted octanol–water partition coefficient (Wildman–Crippen LogP) is 3.92. The predicted molar refractivity (Wildman–Crippen MR) is 66.8 cm³/mol. The molecule has 0 radical (unpaired) electrons. The fourth-order valence-corrected chi connectivity index (χ4v) is 2.76. The van der Waals surface area contributed by atoms with Crippen molar-refractivity contribution in [1.82, 2.24) is 0 Å². The van der Waals surface area contributed by atoms with Gasteiger partial charge in [0.25, 0.3) is 0 Å². The molecule has 0 saturated heterocycles. The van der Waals surface area contributed by atoms with Crippen molar-refractivity contribution in [2.24, 2.45) is 5.73 Å². The van der Waals surface area contributed by atoms with Crippen LogP contribution >= 0.6 is 0 Å². The largest absolute Gasteiger partial charge is 0.507 e. The molecule has 1 aliphatic rings. The van der Waals surface area contributed by atoms with Crippen LogP contribution in [0.4, 0.5) is 13.2 Å². The molecule has 1 aromatic rings. The molecular formula is C14H18F3NO. The van der Waals surface area contributed by atoms with Crippen LogP contribution in [0.3, 0.4) is 0 Å². The molecule has 5 heteroatoms. The van der Waals surface area contributed by atoms with E-state index in [0.29, 0.717) is 5.56 Å². The first kappa shape index (κ1) is 14.2. The van der Waals surface area contributed by atoms with E-state index in [1.54, 1.807) is 6.07 Å². The fraction of sp³-hybridized carbons (Fsp3) is 0.571. The van der Waals surface area contributed by atoms with Crippen LogP contribution in [0, 0.1) is 0 Å². The summed E-state index contributed by atoms with van der Waals surface area (Å²) in [5.74, 6) is -0.574. The quantitative estimate of drug-likeness (QED) is 0.858. The second kappa shape index (κ2) is 5.41. The molecule has 2 rings (SSSR count). The van der Waals surface area contributed by atoms with Gasteiger partial charge in [0.15, 0.2) is 0 Å². The Bertz CT molecular complexity index is 451. The molecule has 1 saturated carbocycles. The molecule has 19 heavy (non-hydrogen) atoms. The molecule has 0 aliphatic heterocycles. The van der Waals surface area contributed by atoms with E-state index in [0.717, 1.165) is 38.2 Å². The van der Waals surface area contributed by atoms with Crippen LogP contribution in [0.5, 0.6) is 5.75 Å². The molecule has 1 aliphatic carbocycles. The molecule has 2 nitrogen and oxygen atoms in total. The van der Waals surface area contributed by atoms with Crippen molar-refractivity contribution in [3.63, 3.8) is 0 Å². The Labute approximate surface area is 110 Å². The maximum atomic E-state index is 12.9. The highest BCUT2D eigenvalue weighted by Crippen LogP contribution is 2.42. The average Bonchev–Trinajstić information content (AvgIpc) is 2.38. The van der Waals surface area contributed by atoms with Gasteiger partial charge in [-0.05, 0) is 30.4 Å². The summed E-state index contributed by atoms with van der Waals surface area (Å²) < 4.78 is 38.7. The van der Waals surface area contributed by atoms with E-state index in [1.165, 1.54) is 0 Å². The van der Waals surface area contributed by atoms with Crippen molar-refractivity contribution in [3.05, 3.63) is 28.8 Å². The molecule has 0 spiro atoms. The zero-order valence-corrected chi connectivity index (χ0v) is 10.6. The molecule has 0 unspecified atom stereocenters. The van der Waals surface area contributed by atoms with Gasteiger partial charge in [0.1, 0.15) is 5.75 Å². The van der Waals surface area contributed by atoms with Crippen molar-refractivity contribution in [2.45, 2.75) is 50.7 Å². The third-order valence-electron chi connectivity index (χ3n) is 3.81. The highest BCUT2D eigenvalue weighted by molar-refractivity contribution is 5.46. The summed E-state index contributed by atoms with van der Waals surface area (Å²) >= 11 is 0. The summed E-state index contributed by atoms with van der Waals surface area (Å²) in [6.45, 7) is -0.0878. The van der Waals surface area contributed by atoms with E-state index < -0.39 is 17.5 Å². The summed E-state index contributed by atoms with van der Waals surface area (Å²) in [4.78, 5) is 0. The van der Waals surface area contributed by atoms with E-state index in [1.807, 2.05) is 0 Å². The van der Waals surface area contributed by atoms with Gasteiger partial charge >= 0.3 is 6.18 Å². The minimum atomic E-state index is -4.54. The summed E-state index contributed by atoms with van der Waals surface area (Å²) in [5.41, 5.74) is 5.31. The number of benzene rings is 1. The maximum Gasteiger partial charge on any atom is 0.419 e. The molecule has 106 valence electrons. The number of phenols is 1. The molecule has 0 atom stereocenters. The fourth-order valence-electron chi connectivity index (χ4n) is 2.76. The lowest BCUT2D eigenvalue weighted by atomic mass is 9.82. The number of hydrogen-bond donors (Lipinski definition) is 2. The van der Waals surface area contributed by atoms with Gasteiger partial charge in [-0.1, -0.05) is 25.3 Å². The number of hydrogen-bond acceptors (Lipinski definition) is 2. The second-order valence-corrected chi connectivity index (χ2v) is 5.11. The summed E-state index contributed by atoms with van der Waals surface area (Å²) in [7, 11) is 0. The minimum Gasteiger partial charge on any atom is -0.507 e. The SMILES string of the molecule is NCc1cc(C2CCCCC2)cc(C(F)(F)F)c1O. The molecule has 1 fully saturated rings. The third-order valence-corrected chi connectivity index (χ3v) is 3.81. The number of rotatable bonds is 2. The van der Waals surface area contributed by atoms with Crippen LogP contribution in [-0.2, 0) is 12.7 Å². The van der Waals surface area contributed by atoms with Crippen molar-refractivity contribution in [1.29, 1.82) is 0 Å². The van der Waals surface area contributed by atoms with Gasteiger partial charge in [-0.25, -0.2) is 0 Å². The molecule has 0 amide bonds. The first-order chi connectivity index (χ1) is 8.93. The van der Waals surface area contributed by atoms with Gasteiger partial charge in [-0.3, -0.25) is 0 Å². The Hall–Kier alpha value is -1.23. The topological polar surface area (TPSA) is 46.2 Å². The maximum absolute atomic E-state index is 12.9. The third kappa shape index (κ3) is 3.03. The minimum absolute atomic E-state index is 0.0878. The summed E-state index contributed by atoms with van der Waals surface area (Å²) in [6.07, 6.45) is 0.511. The molecule has 1 aromatic carbocycles. The molecule has 0 heterocycles. The van der Waals surface area contributed by atoms with E-state index in [-0.39, 0.29) is 18.0 Å². The zero-order chi connectivity index (χ0) is 14.0. The van der Waals surface area contributed by atoms with Gasteiger partial charge in [0, 0.05) is 12.1 Å². The average molecular weight is 273 g/mol. The van der Waals surface area contributed by atoms with Crippen LogP contribution in [0.25, 0.3) is 0 Å². The number of phenolic OH excluding ortho intramolecular Hbond substituents is 1. The second-order valence-electron chi connectivity index (χ2n) is 5.11. The van der Waals surface area contributed by atoms with Crippen molar-refractivity contribution in [3.8, 4) is 5.75 Å². The van der Waals surface area contributed by atoms with Crippen LogP contribution in [0.2, 0.25) is 0 Å². The van der Waals surface area contributed by atoms with E-state index in [9.17, 15) is 18.3 Å². The van der Waals surface area contributed by atoms with Crippen molar-refractivity contribution >= 4 is 0 Å². The molecule has 3 N–H and O–H groups in total. The number of alkyl halides is 3. The lowest BCUT2D eigenvalue weighted by Crippen LogP contribution is -2.12. The van der Waals surface area contributed by atoms with E-state index in [4.69, 9.17) is 5.73 Å². The van der Waals surface area contributed by atoms with Gasteiger partial charge in [0.2, 0.25) is 0 Å². The van der Waals surface area contributed by atoms with E-state index in [2.05, 4.69) is 0 Å². The lowest BCUT2D eigenvalue weighted by Gasteiger charge is -2.24. The van der Waals surface area contributed by atoms with Crippen LogP contribution in [-0.4, -0.2) is 5.11 Å². The monoisotopic (exact) mass is 273 g/mol. The van der Waals surface area contributed by atoms with Crippen LogP contribution < -0.4 is 5.73 Å². The summed E-state index contributed by atoms with van der Waals surface area (Å²) in [6, 6.07) is 2.71. The van der Waals surface area contributed by atoms with Crippen molar-refractivity contribution < 1.29 is 18.3 Å². The van der Waals surface area contributed by atoms with Crippen molar-refractivity contribution in [2.75, 3.05) is 0 Å². The molecule has 0 aromatic heterocycles. The standard InChI is InChI=1S/C14H18F3NO/c15-14(16,17)12-7-10(6-11(8-18)13(12)19)9-4-2-1-3-5-9/h6-7,9,19H,1-5,8,18H2. The van der Waals surface area contributed by atoms with Gasteiger partial charge in [-0.2, -0.15) is 13.2 Å². The van der Waals surface area contributed by atoms with Crippen LogP contribution in [0.15, 0.2) is 12.1 Å². The Morgan fingerprint density at radius 1 is 1.16 bits per heavy atom. The molecular weight excluding hydrogens is 255 g/mol. The van der Waals surface area contributed by atoms with Gasteiger partial charge in [0.05, 0.1) is 5.56 Å². The van der Waals surface area contributed by atoms with Gasteiger partial charge in [-0.15, -0.1) is 0 Å². The van der Waals surface area contributed by atoms with E-state index >= 15 is 0 Å². The Morgan fingerprint density at radius 3 is 2.32 bits per heavy atom. The highest BCUT2D eigenvalue weighted by atomic mass is 19.4. The number of nitrogens with two attached hydrogens (primary N) is 1. The first-order valence-corrected chi connectivity index (χ1v) is 6.56. The Morgan fingerprint density at radius 2 is 1.79 bits per heavy atom.